The number of carbonyl (C=O) groups excluding carboxylic acids is 1. The second-order valence-corrected chi connectivity index (χ2v) is 7.24. The predicted octanol–water partition coefficient (Wildman–Crippen LogP) is 4.93. The number of alkyl halides is 1. The van der Waals surface area contributed by atoms with Gasteiger partial charge in [0, 0.05) is 7.05 Å². The zero-order valence-corrected chi connectivity index (χ0v) is 14.6. The van der Waals surface area contributed by atoms with E-state index >= 15 is 0 Å². The summed E-state index contributed by atoms with van der Waals surface area (Å²) >= 11 is 7.77. The van der Waals surface area contributed by atoms with Crippen molar-refractivity contribution in [2.24, 2.45) is 0 Å². The van der Waals surface area contributed by atoms with Gasteiger partial charge in [0.15, 0.2) is 5.78 Å². The summed E-state index contributed by atoms with van der Waals surface area (Å²) < 4.78 is 0. The van der Waals surface area contributed by atoms with Crippen LogP contribution in [0.15, 0.2) is 59.6 Å². The van der Waals surface area contributed by atoms with Crippen LogP contribution in [0.25, 0.3) is 5.57 Å². The van der Waals surface area contributed by atoms with Crippen molar-refractivity contribution in [2.45, 2.75) is 17.6 Å². The summed E-state index contributed by atoms with van der Waals surface area (Å²) in [4.78, 5) is 13.0. The molecular formula is C19H18ClNOS. The van der Waals surface area contributed by atoms with Crippen molar-refractivity contribution in [3.63, 3.8) is 0 Å². The summed E-state index contributed by atoms with van der Waals surface area (Å²) in [5.74, 6) is 0.143. The Hall–Kier alpha value is -1.71. The van der Waals surface area contributed by atoms with E-state index in [1.54, 1.807) is 11.8 Å². The van der Waals surface area contributed by atoms with Crippen LogP contribution in [0.3, 0.4) is 0 Å². The normalized spacial score (nSPS) is 19.1. The van der Waals surface area contributed by atoms with E-state index in [1.807, 2.05) is 68.6 Å². The highest BCUT2D eigenvalue weighted by atomic mass is 35.5. The topological polar surface area (TPSA) is 29.1 Å². The van der Waals surface area contributed by atoms with Crippen LogP contribution < -0.4 is 5.32 Å². The largest absolute Gasteiger partial charge is 0.382 e. The third-order valence-electron chi connectivity index (χ3n) is 3.91. The summed E-state index contributed by atoms with van der Waals surface area (Å²) in [6.07, 6.45) is 0. The van der Waals surface area contributed by atoms with Gasteiger partial charge in [0.05, 0.1) is 21.2 Å². The highest BCUT2D eigenvalue weighted by Gasteiger charge is 2.35. The number of nitrogens with one attached hydrogen (secondary N) is 1. The molecule has 2 aromatic rings. The van der Waals surface area contributed by atoms with Crippen LogP contribution in [0, 0.1) is 0 Å². The smallest absolute Gasteiger partial charge is 0.183 e. The van der Waals surface area contributed by atoms with Gasteiger partial charge in [0.25, 0.3) is 0 Å². The molecule has 0 bridgehead atoms. The van der Waals surface area contributed by atoms with Crippen LogP contribution in [0.1, 0.15) is 34.2 Å². The van der Waals surface area contributed by atoms with Crippen LogP contribution in [-0.2, 0) is 4.79 Å². The van der Waals surface area contributed by atoms with Gasteiger partial charge in [-0.15, -0.1) is 11.6 Å². The maximum absolute atomic E-state index is 13.0. The number of rotatable bonds is 4. The minimum Gasteiger partial charge on any atom is -0.382 e. The maximum Gasteiger partial charge on any atom is 0.183 e. The second-order valence-electron chi connectivity index (χ2n) is 5.47. The lowest BCUT2D eigenvalue weighted by Crippen LogP contribution is -2.07. The first-order chi connectivity index (χ1) is 11.1. The van der Waals surface area contributed by atoms with Crippen LogP contribution in [0.4, 0.5) is 0 Å². The molecular weight excluding hydrogens is 326 g/mol. The van der Waals surface area contributed by atoms with Crippen molar-refractivity contribution >= 4 is 34.7 Å². The minimum atomic E-state index is -0.189. The molecule has 0 aliphatic carbocycles. The molecule has 0 fully saturated rings. The summed E-state index contributed by atoms with van der Waals surface area (Å²) in [7, 11) is 1.86. The molecule has 1 N–H and O–H groups in total. The van der Waals surface area contributed by atoms with Crippen LogP contribution in [0.2, 0.25) is 0 Å². The number of benzene rings is 2. The van der Waals surface area contributed by atoms with Gasteiger partial charge in [0.1, 0.15) is 0 Å². The molecule has 2 atom stereocenters. The van der Waals surface area contributed by atoms with Crippen molar-refractivity contribution in [1.82, 2.24) is 5.32 Å². The molecule has 118 valence electrons. The summed E-state index contributed by atoms with van der Waals surface area (Å²) in [5.41, 5.74) is 3.74. The number of hydrogen-bond acceptors (Lipinski definition) is 3. The number of carbonyl (C=O) groups is 1. The highest BCUT2D eigenvalue weighted by Crippen LogP contribution is 2.47. The summed E-state index contributed by atoms with van der Waals surface area (Å²) in [5, 5.41) is 3.83. The average Bonchev–Trinajstić information content (AvgIpc) is 2.92. The Morgan fingerprint density at radius 1 is 1.13 bits per heavy atom. The number of halogens is 1. The number of thioether (sulfide) groups is 1. The Morgan fingerprint density at radius 3 is 2.52 bits per heavy atom. The van der Waals surface area contributed by atoms with Crippen LogP contribution in [0.5, 0.6) is 0 Å². The van der Waals surface area contributed by atoms with Gasteiger partial charge in [-0.1, -0.05) is 60.3 Å². The number of Topliss-reactive ketones (excluding diaryl/α,β-unsaturated/α-hetero) is 1. The fourth-order valence-corrected chi connectivity index (χ4v) is 4.06. The molecule has 23 heavy (non-hydrogen) atoms. The number of allylic oxidation sites excluding steroid dienone is 1. The first-order valence-electron chi connectivity index (χ1n) is 7.54. The zero-order chi connectivity index (χ0) is 16.4. The first kappa shape index (κ1) is 16.2. The fraction of sp³-hybridized carbons (Fsp3) is 0.211. The summed E-state index contributed by atoms with van der Waals surface area (Å²) in [6.45, 7) is 1.94. The predicted molar refractivity (Wildman–Crippen MR) is 98.5 cm³/mol. The third-order valence-corrected chi connectivity index (χ3v) is 5.53. The molecule has 1 aliphatic rings. The van der Waals surface area contributed by atoms with Crippen molar-refractivity contribution in [3.8, 4) is 0 Å². The molecule has 2 aromatic carbocycles. The lowest BCUT2D eigenvalue weighted by atomic mass is 9.96. The van der Waals surface area contributed by atoms with Gasteiger partial charge in [-0.25, -0.2) is 0 Å². The van der Waals surface area contributed by atoms with E-state index in [2.05, 4.69) is 5.32 Å². The number of ketones is 1. The molecule has 1 heterocycles. The van der Waals surface area contributed by atoms with E-state index in [9.17, 15) is 4.79 Å². The van der Waals surface area contributed by atoms with Gasteiger partial charge in [-0.3, -0.25) is 4.79 Å². The molecule has 2 nitrogen and oxygen atoms in total. The van der Waals surface area contributed by atoms with Crippen molar-refractivity contribution in [3.05, 3.63) is 76.3 Å². The number of hydrogen-bond donors (Lipinski definition) is 1. The highest BCUT2D eigenvalue weighted by molar-refractivity contribution is 8.04. The van der Waals surface area contributed by atoms with Crippen molar-refractivity contribution in [2.75, 3.05) is 7.05 Å². The molecule has 0 aromatic heterocycles. The Kier molecular flexibility index (Phi) is 4.79. The Balaban J connectivity index is 2.00. The van der Waals surface area contributed by atoms with Gasteiger partial charge in [0.2, 0.25) is 0 Å². The van der Waals surface area contributed by atoms with Gasteiger partial charge in [-0.2, -0.15) is 0 Å². The fourth-order valence-electron chi connectivity index (χ4n) is 2.72. The van der Waals surface area contributed by atoms with Crippen LogP contribution in [-0.4, -0.2) is 12.8 Å². The van der Waals surface area contributed by atoms with E-state index in [-0.39, 0.29) is 16.4 Å². The molecule has 0 amide bonds. The maximum atomic E-state index is 13.0. The molecule has 3 rings (SSSR count). The van der Waals surface area contributed by atoms with E-state index in [0.29, 0.717) is 0 Å². The van der Waals surface area contributed by atoms with E-state index < -0.39 is 0 Å². The second kappa shape index (κ2) is 6.81. The third kappa shape index (κ3) is 3.17. The van der Waals surface area contributed by atoms with Gasteiger partial charge >= 0.3 is 0 Å². The van der Waals surface area contributed by atoms with Crippen molar-refractivity contribution in [1.29, 1.82) is 0 Å². The molecule has 0 spiro atoms. The Labute approximate surface area is 145 Å². The zero-order valence-electron chi connectivity index (χ0n) is 13.0. The molecule has 2 unspecified atom stereocenters. The van der Waals surface area contributed by atoms with Crippen molar-refractivity contribution < 1.29 is 4.79 Å². The standard InChI is InChI=1S/C19H18ClNOS/c1-12(20)14-9-6-10-15(11-14)16-17(22)18(23-19(16)21-2)13-7-4-3-5-8-13/h3-12,18,21H,1-2H3. The average molecular weight is 344 g/mol. The van der Waals surface area contributed by atoms with E-state index in [1.165, 1.54) is 0 Å². The minimum absolute atomic E-state index is 0.0809. The Bertz CT molecular complexity index is 755. The quantitative estimate of drug-likeness (QED) is 0.798. The molecule has 0 saturated heterocycles. The molecule has 4 heteroatoms. The van der Waals surface area contributed by atoms with Crippen LogP contribution >= 0.6 is 23.4 Å². The summed E-state index contributed by atoms with van der Waals surface area (Å²) in [6, 6.07) is 17.8. The first-order valence-corrected chi connectivity index (χ1v) is 8.85. The molecule has 0 radical (unpaired) electrons. The SMILES string of the molecule is CNC1=C(c2cccc(C(C)Cl)c2)C(=O)C(c2ccccc2)S1. The monoisotopic (exact) mass is 343 g/mol. The van der Waals surface area contributed by atoms with E-state index in [4.69, 9.17) is 11.6 Å². The Morgan fingerprint density at radius 2 is 1.87 bits per heavy atom. The van der Waals surface area contributed by atoms with Gasteiger partial charge in [-0.05, 0) is 29.7 Å². The lowest BCUT2D eigenvalue weighted by molar-refractivity contribution is -0.113. The lowest BCUT2D eigenvalue weighted by Gasteiger charge is -2.10. The van der Waals surface area contributed by atoms with E-state index in [0.717, 1.165) is 27.3 Å². The van der Waals surface area contributed by atoms with Gasteiger partial charge < -0.3 is 5.32 Å². The molecule has 1 aliphatic heterocycles. The molecule has 0 saturated carbocycles.